The number of para-hydroxylation sites is 1. The van der Waals surface area contributed by atoms with E-state index in [1.54, 1.807) is 42.9 Å². The van der Waals surface area contributed by atoms with Crippen LogP contribution in [-0.4, -0.2) is 46.3 Å². The molecule has 0 unspecified atom stereocenters. The average Bonchev–Trinajstić information content (AvgIpc) is 3.39. The minimum absolute atomic E-state index is 0.167. The first kappa shape index (κ1) is 26.3. The van der Waals surface area contributed by atoms with E-state index in [1.807, 2.05) is 66.7 Å². The standard InChI is InChI=1S/C30H29ClN4O4/c1-30(29(37)32-17-21-8-5-7-11-27(21)39-3)19-35-26(16-25(33-35)20-12-14-23(38-2)15-13-20)28(36)34(30)18-22-9-4-6-10-24(22)31/h4-16H,17-19H2,1-3H3,(H,32,37)/t30-/m1/s1. The van der Waals surface area contributed by atoms with Crippen LogP contribution < -0.4 is 14.8 Å². The third kappa shape index (κ3) is 5.07. The zero-order valence-corrected chi connectivity index (χ0v) is 22.7. The molecule has 0 spiro atoms. The molecule has 0 bridgehead atoms. The first-order chi connectivity index (χ1) is 18.8. The van der Waals surface area contributed by atoms with Gasteiger partial charge in [-0.2, -0.15) is 5.10 Å². The van der Waals surface area contributed by atoms with Crippen LogP contribution in [0, 0.1) is 0 Å². The highest BCUT2D eigenvalue weighted by Crippen LogP contribution is 2.33. The summed E-state index contributed by atoms with van der Waals surface area (Å²) in [4.78, 5) is 29.4. The number of amides is 2. The van der Waals surface area contributed by atoms with Crippen molar-refractivity contribution >= 4 is 23.4 Å². The van der Waals surface area contributed by atoms with E-state index in [-0.39, 0.29) is 31.4 Å². The average molecular weight is 545 g/mol. The van der Waals surface area contributed by atoms with Crippen molar-refractivity contribution in [2.45, 2.75) is 32.1 Å². The van der Waals surface area contributed by atoms with Crippen molar-refractivity contribution in [2.24, 2.45) is 0 Å². The van der Waals surface area contributed by atoms with Gasteiger partial charge >= 0.3 is 0 Å². The number of fused-ring (bicyclic) bond motifs is 1. The van der Waals surface area contributed by atoms with Gasteiger partial charge in [-0.3, -0.25) is 14.3 Å². The van der Waals surface area contributed by atoms with E-state index in [0.717, 1.165) is 22.4 Å². The van der Waals surface area contributed by atoms with Crippen LogP contribution >= 0.6 is 11.6 Å². The van der Waals surface area contributed by atoms with Gasteiger partial charge in [0.25, 0.3) is 5.91 Å². The Kier molecular flexibility index (Phi) is 7.30. The van der Waals surface area contributed by atoms with Crippen LogP contribution in [0.1, 0.15) is 28.5 Å². The largest absolute Gasteiger partial charge is 0.497 e. The van der Waals surface area contributed by atoms with Gasteiger partial charge in [-0.1, -0.05) is 48.0 Å². The number of nitrogens with zero attached hydrogens (tertiary/aromatic N) is 3. The summed E-state index contributed by atoms with van der Waals surface area (Å²) in [5.74, 6) is 0.794. The number of aromatic nitrogens is 2. The maximum Gasteiger partial charge on any atom is 0.273 e. The maximum absolute atomic E-state index is 14.0. The van der Waals surface area contributed by atoms with Gasteiger partial charge in [0.15, 0.2) is 0 Å². The lowest BCUT2D eigenvalue weighted by atomic mass is 9.94. The molecule has 1 aliphatic heterocycles. The number of hydrogen-bond donors (Lipinski definition) is 1. The van der Waals surface area contributed by atoms with E-state index in [1.165, 1.54) is 0 Å². The van der Waals surface area contributed by atoms with E-state index in [4.69, 9.17) is 26.2 Å². The van der Waals surface area contributed by atoms with Gasteiger partial charge in [-0.05, 0) is 55.0 Å². The maximum atomic E-state index is 14.0. The second kappa shape index (κ2) is 10.8. The van der Waals surface area contributed by atoms with Crippen LogP contribution in [0.4, 0.5) is 0 Å². The van der Waals surface area contributed by atoms with E-state index in [0.29, 0.717) is 22.2 Å². The van der Waals surface area contributed by atoms with Crippen LogP contribution in [0.5, 0.6) is 11.5 Å². The number of nitrogens with one attached hydrogen (secondary N) is 1. The monoisotopic (exact) mass is 544 g/mol. The summed E-state index contributed by atoms with van der Waals surface area (Å²) in [5.41, 5.74) is 2.22. The molecule has 8 nitrogen and oxygen atoms in total. The lowest BCUT2D eigenvalue weighted by Crippen LogP contribution is -2.63. The first-order valence-electron chi connectivity index (χ1n) is 12.5. The second-order valence-corrected chi connectivity index (χ2v) is 9.96. The van der Waals surface area contributed by atoms with Gasteiger partial charge in [-0.15, -0.1) is 0 Å². The fraction of sp³-hybridized carbons (Fsp3) is 0.233. The van der Waals surface area contributed by atoms with Crippen molar-refractivity contribution in [1.82, 2.24) is 20.0 Å². The molecule has 39 heavy (non-hydrogen) atoms. The molecule has 0 saturated heterocycles. The smallest absolute Gasteiger partial charge is 0.273 e. The fourth-order valence-electron chi connectivity index (χ4n) is 4.80. The quantitative estimate of drug-likeness (QED) is 0.339. The Hall–Kier alpha value is -4.30. The predicted octanol–water partition coefficient (Wildman–Crippen LogP) is 4.95. The minimum atomic E-state index is -1.24. The van der Waals surface area contributed by atoms with Crippen LogP contribution in [0.25, 0.3) is 11.3 Å². The highest BCUT2D eigenvalue weighted by atomic mass is 35.5. The molecular weight excluding hydrogens is 516 g/mol. The summed E-state index contributed by atoms with van der Waals surface area (Å²) >= 11 is 6.47. The van der Waals surface area contributed by atoms with Crippen LogP contribution in [0.2, 0.25) is 5.02 Å². The minimum Gasteiger partial charge on any atom is -0.497 e. The molecular formula is C30H29ClN4O4. The summed E-state index contributed by atoms with van der Waals surface area (Å²) in [6, 6.07) is 24.0. The molecule has 4 aromatic rings. The Morgan fingerprint density at radius 3 is 2.38 bits per heavy atom. The number of ether oxygens (including phenoxy) is 2. The highest BCUT2D eigenvalue weighted by Gasteiger charge is 2.48. The van der Waals surface area contributed by atoms with Crippen LogP contribution in [-0.2, 0) is 24.4 Å². The predicted molar refractivity (Wildman–Crippen MR) is 149 cm³/mol. The molecule has 1 atom stereocenters. The number of rotatable bonds is 8. The molecule has 1 N–H and O–H groups in total. The molecule has 200 valence electrons. The fourth-order valence-corrected chi connectivity index (χ4v) is 5.00. The van der Waals surface area contributed by atoms with Crippen molar-refractivity contribution in [3.05, 3.63) is 101 Å². The second-order valence-electron chi connectivity index (χ2n) is 9.55. The molecule has 0 radical (unpaired) electrons. The molecule has 1 aromatic heterocycles. The normalized spacial score (nSPS) is 16.5. The Balaban J connectivity index is 1.50. The molecule has 2 heterocycles. The Morgan fingerprint density at radius 2 is 1.69 bits per heavy atom. The molecule has 0 fully saturated rings. The number of benzene rings is 3. The van der Waals surface area contributed by atoms with Crippen molar-refractivity contribution in [1.29, 1.82) is 0 Å². The van der Waals surface area contributed by atoms with Gasteiger partial charge in [-0.25, -0.2) is 0 Å². The lowest BCUT2D eigenvalue weighted by molar-refractivity contribution is -0.133. The van der Waals surface area contributed by atoms with Crippen LogP contribution in [0.3, 0.4) is 0 Å². The lowest BCUT2D eigenvalue weighted by Gasteiger charge is -2.43. The Labute approximate surface area is 232 Å². The van der Waals surface area contributed by atoms with Crippen molar-refractivity contribution < 1.29 is 19.1 Å². The van der Waals surface area contributed by atoms with E-state index in [2.05, 4.69) is 5.32 Å². The molecule has 0 saturated carbocycles. The van der Waals surface area contributed by atoms with Gasteiger partial charge in [0.05, 0.1) is 26.5 Å². The molecule has 2 amide bonds. The topological polar surface area (TPSA) is 85.7 Å². The summed E-state index contributed by atoms with van der Waals surface area (Å²) in [6.45, 7) is 2.35. The number of halogens is 1. The molecule has 1 aliphatic rings. The Morgan fingerprint density at radius 1 is 1.00 bits per heavy atom. The number of carbonyl (C=O) groups is 2. The van der Waals surface area contributed by atoms with Gasteiger partial charge in [0.2, 0.25) is 5.91 Å². The van der Waals surface area contributed by atoms with Crippen molar-refractivity contribution in [2.75, 3.05) is 14.2 Å². The van der Waals surface area contributed by atoms with E-state index >= 15 is 0 Å². The Bertz CT molecular complexity index is 1520. The van der Waals surface area contributed by atoms with Crippen molar-refractivity contribution in [3.8, 4) is 22.8 Å². The van der Waals surface area contributed by atoms with Crippen LogP contribution in [0.15, 0.2) is 78.9 Å². The summed E-state index contributed by atoms with van der Waals surface area (Å²) in [5, 5.41) is 8.26. The molecule has 9 heteroatoms. The summed E-state index contributed by atoms with van der Waals surface area (Å²) in [6.07, 6.45) is 0. The number of methoxy groups -OCH3 is 2. The SMILES string of the molecule is COc1ccc(-c2cc3n(n2)C[C@](C)(C(=O)NCc2ccccc2OC)N(Cc2ccccc2Cl)C3=O)cc1. The third-order valence-corrected chi connectivity index (χ3v) is 7.46. The number of carbonyl (C=O) groups excluding carboxylic acids is 2. The van der Waals surface area contributed by atoms with Gasteiger partial charge in [0.1, 0.15) is 22.7 Å². The zero-order chi connectivity index (χ0) is 27.6. The highest BCUT2D eigenvalue weighted by molar-refractivity contribution is 6.31. The van der Waals surface area contributed by atoms with E-state index in [9.17, 15) is 9.59 Å². The molecule has 5 rings (SSSR count). The molecule has 0 aliphatic carbocycles. The van der Waals surface area contributed by atoms with Gasteiger partial charge in [0, 0.05) is 29.2 Å². The zero-order valence-electron chi connectivity index (χ0n) is 22.0. The molecule has 3 aromatic carbocycles. The summed E-state index contributed by atoms with van der Waals surface area (Å²) < 4.78 is 12.3. The van der Waals surface area contributed by atoms with E-state index < -0.39 is 5.54 Å². The summed E-state index contributed by atoms with van der Waals surface area (Å²) in [7, 11) is 3.20. The van der Waals surface area contributed by atoms with Gasteiger partial charge < -0.3 is 19.7 Å². The number of hydrogen-bond acceptors (Lipinski definition) is 5. The first-order valence-corrected chi connectivity index (χ1v) is 12.9. The third-order valence-electron chi connectivity index (χ3n) is 7.09. The van der Waals surface area contributed by atoms with Crippen molar-refractivity contribution in [3.63, 3.8) is 0 Å².